The van der Waals surface area contributed by atoms with Crippen molar-refractivity contribution in [3.8, 4) is 0 Å². The number of carbonyl (C=O) groups is 4. The quantitative estimate of drug-likeness (QED) is 0.500. The molecule has 4 N–H and O–H groups in total. The molecule has 0 radical (unpaired) electrons. The molecule has 0 saturated heterocycles. The first-order valence-corrected chi connectivity index (χ1v) is 6.09. The first-order valence-electron chi connectivity index (χ1n) is 6.09. The van der Waals surface area contributed by atoms with Gasteiger partial charge in [0.2, 0.25) is 0 Å². The molecule has 0 unspecified atom stereocenters. The predicted molar refractivity (Wildman–Crippen MR) is 63.0 cm³/mol. The molecule has 8 nitrogen and oxygen atoms in total. The second-order valence-electron chi connectivity index (χ2n) is 5.05. The van der Waals surface area contributed by atoms with Crippen LogP contribution in [0, 0.1) is 23.7 Å². The Labute approximate surface area is 114 Å². The summed E-state index contributed by atoms with van der Waals surface area (Å²) in [5.74, 6) is -7.01. The zero-order valence-corrected chi connectivity index (χ0v) is 10.6. The van der Waals surface area contributed by atoms with E-state index in [0.29, 0.717) is 0 Å². The van der Waals surface area contributed by atoms with Gasteiger partial charge in [0.1, 0.15) is 0 Å². The third kappa shape index (κ3) is 3.94. The average molecular weight is 288 g/mol. The molecule has 0 heterocycles. The molecule has 0 aromatic rings. The largest absolute Gasteiger partial charge is 0.481 e. The maximum atomic E-state index is 10.8. The molecule has 1 aliphatic rings. The van der Waals surface area contributed by atoms with Gasteiger partial charge in [0.05, 0.1) is 0 Å². The van der Waals surface area contributed by atoms with Gasteiger partial charge in [-0.3, -0.25) is 19.2 Å². The Kier molecular flexibility index (Phi) is 5.06. The molecule has 8 heteroatoms. The van der Waals surface area contributed by atoms with Crippen LogP contribution in [-0.4, -0.2) is 44.3 Å². The van der Waals surface area contributed by atoms with Gasteiger partial charge < -0.3 is 20.4 Å². The lowest BCUT2D eigenvalue weighted by molar-refractivity contribution is -0.160. The van der Waals surface area contributed by atoms with Crippen molar-refractivity contribution in [1.29, 1.82) is 0 Å². The molecule has 0 bridgehead atoms. The molecule has 0 aromatic carbocycles. The summed E-state index contributed by atoms with van der Waals surface area (Å²) in [4.78, 5) is 43.1. The number of carboxylic acid groups (broad SMARTS) is 4. The van der Waals surface area contributed by atoms with E-state index in [-0.39, 0.29) is 25.7 Å². The first-order chi connectivity index (χ1) is 9.22. The number of carboxylic acids is 4. The van der Waals surface area contributed by atoms with Gasteiger partial charge in [-0.05, 0) is 23.7 Å². The summed E-state index contributed by atoms with van der Waals surface area (Å²) in [5, 5.41) is 35.2. The van der Waals surface area contributed by atoms with Crippen LogP contribution in [0.4, 0.5) is 0 Å². The van der Waals surface area contributed by atoms with Crippen LogP contribution in [0.15, 0.2) is 0 Å². The van der Waals surface area contributed by atoms with Crippen LogP contribution in [-0.2, 0) is 19.2 Å². The summed E-state index contributed by atoms with van der Waals surface area (Å²) in [5.41, 5.74) is 0. The maximum Gasteiger partial charge on any atom is 0.303 e. The van der Waals surface area contributed by atoms with Gasteiger partial charge in [-0.15, -0.1) is 0 Å². The van der Waals surface area contributed by atoms with Gasteiger partial charge in [-0.25, -0.2) is 0 Å². The minimum Gasteiger partial charge on any atom is -0.481 e. The number of aliphatic carboxylic acids is 4. The Balaban J connectivity index is 2.89. The van der Waals surface area contributed by atoms with Crippen molar-refractivity contribution < 1.29 is 39.6 Å². The van der Waals surface area contributed by atoms with Gasteiger partial charge in [-0.1, -0.05) is 0 Å². The third-order valence-electron chi connectivity index (χ3n) is 3.84. The molecular formula is C12H16O8. The van der Waals surface area contributed by atoms with Crippen LogP contribution in [0.5, 0.6) is 0 Å². The predicted octanol–water partition coefficient (Wildman–Crippen LogP) is 0.364. The van der Waals surface area contributed by atoms with Crippen LogP contribution in [0.1, 0.15) is 25.7 Å². The highest BCUT2D eigenvalue weighted by Gasteiger charge is 2.52. The van der Waals surface area contributed by atoms with Gasteiger partial charge >= 0.3 is 23.9 Å². The molecule has 0 aromatic heterocycles. The average Bonchev–Trinajstić information content (AvgIpc) is 2.28. The van der Waals surface area contributed by atoms with E-state index in [9.17, 15) is 19.2 Å². The molecule has 0 amide bonds. The second kappa shape index (κ2) is 6.36. The highest BCUT2D eigenvalue weighted by molar-refractivity contribution is 5.72. The summed E-state index contributed by atoms with van der Waals surface area (Å²) in [6.07, 6.45) is -1.37. The third-order valence-corrected chi connectivity index (χ3v) is 3.84. The van der Waals surface area contributed by atoms with Crippen molar-refractivity contribution >= 4 is 23.9 Å². The van der Waals surface area contributed by atoms with Crippen molar-refractivity contribution in [1.82, 2.24) is 0 Å². The van der Waals surface area contributed by atoms with Crippen LogP contribution in [0.3, 0.4) is 0 Å². The van der Waals surface area contributed by atoms with Crippen molar-refractivity contribution in [2.45, 2.75) is 25.7 Å². The monoisotopic (exact) mass is 288 g/mol. The fourth-order valence-electron chi connectivity index (χ4n) is 3.14. The molecule has 0 spiro atoms. The normalized spacial score (nSPS) is 28.4. The van der Waals surface area contributed by atoms with Crippen LogP contribution in [0.25, 0.3) is 0 Å². The number of rotatable bonds is 8. The van der Waals surface area contributed by atoms with E-state index < -0.39 is 47.5 Å². The van der Waals surface area contributed by atoms with E-state index in [0.717, 1.165) is 0 Å². The smallest absolute Gasteiger partial charge is 0.303 e. The summed E-state index contributed by atoms with van der Waals surface area (Å²) in [6.45, 7) is 0. The van der Waals surface area contributed by atoms with Gasteiger partial charge in [-0.2, -0.15) is 0 Å². The minimum atomic E-state index is -1.14. The van der Waals surface area contributed by atoms with Gasteiger partial charge in [0, 0.05) is 25.7 Å². The Bertz CT molecular complexity index is 341. The first kappa shape index (κ1) is 15.9. The fourth-order valence-corrected chi connectivity index (χ4v) is 3.14. The van der Waals surface area contributed by atoms with E-state index in [1.165, 1.54) is 0 Å². The lowest BCUT2D eigenvalue weighted by Crippen LogP contribution is -2.50. The lowest BCUT2D eigenvalue weighted by Gasteiger charge is -2.50. The Morgan fingerprint density at radius 2 is 0.650 bits per heavy atom. The van der Waals surface area contributed by atoms with E-state index in [2.05, 4.69) is 0 Å². The van der Waals surface area contributed by atoms with Crippen LogP contribution < -0.4 is 0 Å². The highest BCUT2D eigenvalue weighted by Crippen LogP contribution is 2.53. The van der Waals surface area contributed by atoms with E-state index in [1.807, 2.05) is 0 Å². The molecule has 1 aliphatic carbocycles. The van der Waals surface area contributed by atoms with Crippen LogP contribution >= 0.6 is 0 Å². The van der Waals surface area contributed by atoms with Gasteiger partial charge in [0.15, 0.2) is 0 Å². The topological polar surface area (TPSA) is 149 Å². The zero-order valence-electron chi connectivity index (χ0n) is 10.6. The molecular weight excluding hydrogens is 272 g/mol. The van der Waals surface area contributed by atoms with Crippen molar-refractivity contribution in [3.05, 3.63) is 0 Å². The molecule has 0 aliphatic heterocycles. The van der Waals surface area contributed by atoms with Crippen molar-refractivity contribution in [3.63, 3.8) is 0 Å². The summed E-state index contributed by atoms with van der Waals surface area (Å²) >= 11 is 0. The molecule has 112 valence electrons. The lowest BCUT2D eigenvalue weighted by atomic mass is 9.52. The summed E-state index contributed by atoms with van der Waals surface area (Å²) < 4.78 is 0. The minimum absolute atomic E-state index is 0.341. The second-order valence-corrected chi connectivity index (χ2v) is 5.05. The zero-order chi connectivity index (χ0) is 15.4. The maximum absolute atomic E-state index is 10.8. The summed E-state index contributed by atoms with van der Waals surface area (Å²) in [6, 6.07) is 0. The highest BCUT2D eigenvalue weighted by atomic mass is 16.4. The van der Waals surface area contributed by atoms with E-state index in [4.69, 9.17) is 20.4 Å². The Morgan fingerprint density at radius 1 is 0.500 bits per heavy atom. The summed E-state index contributed by atoms with van der Waals surface area (Å²) in [7, 11) is 0. The Hall–Kier alpha value is -2.12. The van der Waals surface area contributed by atoms with Gasteiger partial charge in [0.25, 0.3) is 0 Å². The molecule has 1 fully saturated rings. The molecule has 0 atom stereocenters. The fraction of sp³-hybridized carbons (Fsp3) is 0.667. The van der Waals surface area contributed by atoms with E-state index in [1.54, 1.807) is 0 Å². The van der Waals surface area contributed by atoms with Crippen LogP contribution in [0.2, 0.25) is 0 Å². The van der Waals surface area contributed by atoms with Crippen molar-refractivity contribution in [2.24, 2.45) is 23.7 Å². The molecule has 1 rings (SSSR count). The Morgan fingerprint density at radius 3 is 0.750 bits per heavy atom. The standard InChI is InChI=1S/C12H16O8/c13-9(14)1-5-6(2-10(15)16)8(4-12(19)20)7(5)3-11(17)18/h5-8H,1-4H2,(H,13,14)(H,15,16)(H,17,18)(H,19,20). The van der Waals surface area contributed by atoms with E-state index >= 15 is 0 Å². The number of hydrogen-bond acceptors (Lipinski definition) is 4. The SMILES string of the molecule is O=C(O)CC1C(CC(=O)O)C(CC(=O)O)C1CC(=O)O. The number of hydrogen-bond donors (Lipinski definition) is 4. The van der Waals surface area contributed by atoms with Crippen molar-refractivity contribution in [2.75, 3.05) is 0 Å². The molecule has 20 heavy (non-hydrogen) atoms. The molecule has 1 saturated carbocycles.